The van der Waals surface area contributed by atoms with Gasteiger partial charge in [-0.05, 0) is 36.9 Å². The van der Waals surface area contributed by atoms with Crippen LogP contribution in [-0.2, 0) is 6.42 Å². The fraction of sp³-hybridized carbons (Fsp3) is 0.600. The number of hydrogen-bond donors (Lipinski definition) is 1. The molecule has 1 aliphatic carbocycles. The van der Waals surface area contributed by atoms with Crippen molar-refractivity contribution in [3.63, 3.8) is 0 Å². The Kier molecular flexibility index (Phi) is 4.19. The lowest BCUT2D eigenvalue weighted by atomic mass is 10.0. The van der Waals surface area contributed by atoms with Gasteiger partial charge in [0.2, 0.25) is 0 Å². The van der Waals surface area contributed by atoms with Crippen LogP contribution >= 0.6 is 0 Å². The van der Waals surface area contributed by atoms with E-state index in [0.29, 0.717) is 6.04 Å². The van der Waals surface area contributed by atoms with Crippen LogP contribution in [0.2, 0.25) is 0 Å². The van der Waals surface area contributed by atoms with E-state index in [9.17, 15) is 0 Å². The molecule has 0 heterocycles. The number of nitrogens with two attached hydrogens (primary N) is 1. The minimum absolute atomic E-state index is 0.401. The van der Waals surface area contributed by atoms with Crippen LogP contribution in [0.15, 0.2) is 24.3 Å². The average molecular weight is 232 g/mol. The van der Waals surface area contributed by atoms with Gasteiger partial charge in [0.05, 0.1) is 0 Å². The van der Waals surface area contributed by atoms with Crippen molar-refractivity contribution in [3.8, 4) is 0 Å². The van der Waals surface area contributed by atoms with Gasteiger partial charge in [-0.15, -0.1) is 0 Å². The molecule has 1 fully saturated rings. The number of hydrogen-bond acceptors (Lipinski definition) is 2. The Labute approximate surface area is 105 Å². The topological polar surface area (TPSA) is 29.3 Å². The monoisotopic (exact) mass is 232 g/mol. The molecule has 1 aromatic carbocycles. The van der Waals surface area contributed by atoms with Crippen LogP contribution in [0.3, 0.4) is 0 Å². The van der Waals surface area contributed by atoms with Gasteiger partial charge in [-0.3, -0.25) is 4.90 Å². The first kappa shape index (κ1) is 12.6. The summed E-state index contributed by atoms with van der Waals surface area (Å²) in [5, 5.41) is 0. The summed E-state index contributed by atoms with van der Waals surface area (Å²) in [4.78, 5) is 2.56. The van der Waals surface area contributed by atoms with Gasteiger partial charge in [-0.2, -0.15) is 0 Å². The van der Waals surface area contributed by atoms with Crippen LogP contribution in [0.25, 0.3) is 0 Å². The van der Waals surface area contributed by atoms with Crippen molar-refractivity contribution in [3.05, 3.63) is 35.4 Å². The third-order valence-corrected chi connectivity index (χ3v) is 3.78. The van der Waals surface area contributed by atoms with Crippen LogP contribution < -0.4 is 5.73 Å². The van der Waals surface area contributed by atoms with Gasteiger partial charge in [0.15, 0.2) is 0 Å². The molecule has 2 rings (SSSR count). The Morgan fingerprint density at radius 1 is 1.24 bits per heavy atom. The minimum atomic E-state index is 0.401. The van der Waals surface area contributed by atoms with Crippen molar-refractivity contribution in [2.24, 2.45) is 5.73 Å². The van der Waals surface area contributed by atoms with Crippen molar-refractivity contribution in [1.82, 2.24) is 4.90 Å². The lowest BCUT2D eigenvalue weighted by molar-refractivity contribution is 0.202. The lowest BCUT2D eigenvalue weighted by Gasteiger charge is -2.30. The highest BCUT2D eigenvalue weighted by molar-refractivity contribution is 5.25. The summed E-state index contributed by atoms with van der Waals surface area (Å²) in [5.41, 5.74) is 8.75. The molecular weight excluding hydrogens is 208 g/mol. The molecule has 0 bridgehead atoms. The molecule has 2 nitrogen and oxygen atoms in total. The number of likely N-dealkylation sites (N-methyl/N-ethyl adjacent to an activating group) is 1. The van der Waals surface area contributed by atoms with Crippen LogP contribution in [0.4, 0.5) is 0 Å². The number of benzene rings is 1. The molecule has 2 N–H and O–H groups in total. The van der Waals surface area contributed by atoms with Crippen LogP contribution in [0, 0.1) is 0 Å². The molecule has 94 valence electrons. The van der Waals surface area contributed by atoms with Gasteiger partial charge < -0.3 is 5.73 Å². The second kappa shape index (κ2) is 5.65. The number of nitrogens with zero attached hydrogens (tertiary/aromatic N) is 1. The summed E-state index contributed by atoms with van der Waals surface area (Å²) in [7, 11) is 0. The van der Waals surface area contributed by atoms with E-state index < -0.39 is 0 Å². The molecule has 1 aliphatic rings. The molecule has 1 unspecified atom stereocenters. The number of aryl methyl sites for hydroxylation is 1. The molecule has 0 aliphatic heterocycles. The van der Waals surface area contributed by atoms with Crippen molar-refractivity contribution in [2.45, 2.75) is 45.2 Å². The maximum atomic E-state index is 5.98. The van der Waals surface area contributed by atoms with E-state index >= 15 is 0 Å². The first-order chi connectivity index (χ1) is 8.30. The van der Waals surface area contributed by atoms with Crippen molar-refractivity contribution < 1.29 is 0 Å². The quantitative estimate of drug-likeness (QED) is 0.817. The Bertz CT molecular complexity index is 340. The largest absolute Gasteiger partial charge is 0.329 e. The molecule has 2 heteroatoms. The Hall–Kier alpha value is -0.860. The van der Waals surface area contributed by atoms with E-state index in [1.54, 1.807) is 0 Å². The molecule has 0 radical (unpaired) electrons. The van der Waals surface area contributed by atoms with Gasteiger partial charge in [0.25, 0.3) is 0 Å². The lowest BCUT2D eigenvalue weighted by Crippen LogP contribution is -2.35. The van der Waals surface area contributed by atoms with Crippen molar-refractivity contribution in [1.29, 1.82) is 0 Å². The predicted octanol–water partition coefficient (Wildman–Crippen LogP) is 2.73. The molecule has 0 amide bonds. The van der Waals surface area contributed by atoms with Gasteiger partial charge in [0, 0.05) is 18.6 Å². The molecule has 0 aromatic heterocycles. The molecule has 1 aromatic rings. The minimum Gasteiger partial charge on any atom is -0.329 e. The summed E-state index contributed by atoms with van der Waals surface area (Å²) < 4.78 is 0. The Morgan fingerprint density at radius 3 is 2.29 bits per heavy atom. The van der Waals surface area contributed by atoms with Gasteiger partial charge in [-0.25, -0.2) is 0 Å². The maximum absolute atomic E-state index is 5.98. The summed E-state index contributed by atoms with van der Waals surface area (Å²) in [6.07, 6.45) is 3.79. The second-order valence-corrected chi connectivity index (χ2v) is 4.91. The molecular formula is C15H24N2. The zero-order chi connectivity index (χ0) is 12.3. The van der Waals surface area contributed by atoms with E-state index in [-0.39, 0.29) is 0 Å². The van der Waals surface area contributed by atoms with Crippen LogP contribution in [0.5, 0.6) is 0 Å². The standard InChI is InChI=1S/C15H24N2/c1-3-12-5-7-13(8-6-12)15(11-16)17(4-2)14-9-10-14/h5-8,14-15H,3-4,9-11,16H2,1-2H3. The molecule has 0 saturated heterocycles. The van der Waals surface area contributed by atoms with Gasteiger partial charge >= 0.3 is 0 Å². The third kappa shape index (κ3) is 2.88. The summed E-state index contributed by atoms with van der Waals surface area (Å²) >= 11 is 0. The first-order valence-electron chi connectivity index (χ1n) is 6.84. The summed E-state index contributed by atoms with van der Waals surface area (Å²) in [5.74, 6) is 0. The Balaban J connectivity index is 2.14. The highest BCUT2D eigenvalue weighted by Gasteiger charge is 2.32. The fourth-order valence-corrected chi connectivity index (χ4v) is 2.58. The molecule has 17 heavy (non-hydrogen) atoms. The maximum Gasteiger partial charge on any atom is 0.0473 e. The fourth-order valence-electron chi connectivity index (χ4n) is 2.58. The Morgan fingerprint density at radius 2 is 1.88 bits per heavy atom. The summed E-state index contributed by atoms with van der Waals surface area (Å²) in [6, 6.07) is 10.2. The van der Waals surface area contributed by atoms with E-state index in [4.69, 9.17) is 5.73 Å². The van der Waals surface area contributed by atoms with E-state index in [2.05, 4.69) is 43.0 Å². The van der Waals surface area contributed by atoms with E-state index in [1.807, 2.05) is 0 Å². The smallest absolute Gasteiger partial charge is 0.0473 e. The van der Waals surface area contributed by atoms with E-state index in [0.717, 1.165) is 25.6 Å². The molecule has 1 saturated carbocycles. The zero-order valence-corrected chi connectivity index (χ0v) is 11.0. The van der Waals surface area contributed by atoms with Gasteiger partial charge in [0.1, 0.15) is 0 Å². The first-order valence-corrected chi connectivity index (χ1v) is 6.84. The third-order valence-electron chi connectivity index (χ3n) is 3.78. The second-order valence-electron chi connectivity index (χ2n) is 4.91. The van der Waals surface area contributed by atoms with Crippen molar-refractivity contribution in [2.75, 3.05) is 13.1 Å². The normalized spacial score (nSPS) is 17.4. The highest BCUT2D eigenvalue weighted by Crippen LogP contribution is 2.33. The molecule has 1 atom stereocenters. The van der Waals surface area contributed by atoms with E-state index in [1.165, 1.54) is 24.0 Å². The van der Waals surface area contributed by atoms with Crippen LogP contribution in [-0.4, -0.2) is 24.0 Å². The number of rotatable bonds is 6. The van der Waals surface area contributed by atoms with Crippen LogP contribution in [0.1, 0.15) is 43.9 Å². The zero-order valence-electron chi connectivity index (χ0n) is 11.0. The van der Waals surface area contributed by atoms with Crippen molar-refractivity contribution >= 4 is 0 Å². The SMILES string of the molecule is CCc1ccc(C(CN)N(CC)C2CC2)cc1. The average Bonchev–Trinajstić information content (AvgIpc) is 3.20. The highest BCUT2D eigenvalue weighted by atomic mass is 15.2. The predicted molar refractivity (Wildman–Crippen MR) is 73.0 cm³/mol. The molecule has 0 spiro atoms. The summed E-state index contributed by atoms with van der Waals surface area (Å²) in [6.45, 7) is 6.25. The van der Waals surface area contributed by atoms with Gasteiger partial charge in [-0.1, -0.05) is 38.1 Å².